The van der Waals surface area contributed by atoms with E-state index >= 15 is 0 Å². The third-order valence-electron chi connectivity index (χ3n) is 7.80. The molecule has 1 aliphatic heterocycles. The highest BCUT2D eigenvalue weighted by atomic mass is 32.1. The summed E-state index contributed by atoms with van der Waals surface area (Å²) < 4.78 is 44.7. The topological polar surface area (TPSA) is 97.6 Å². The number of hydrogen-bond acceptors (Lipinski definition) is 9. The van der Waals surface area contributed by atoms with Crippen LogP contribution in [0.5, 0.6) is 23.0 Å². The van der Waals surface area contributed by atoms with Crippen LogP contribution in [0.2, 0.25) is 0 Å². The Kier molecular flexibility index (Phi) is 11.6. The molecular formula is C39H41FN2O7S. The first-order chi connectivity index (χ1) is 24.1. The molecular weight excluding hydrogens is 660 g/mol. The van der Waals surface area contributed by atoms with Crippen molar-refractivity contribution < 1.29 is 32.9 Å². The fourth-order valence-corrected chi connectivity index (χ4v) is 6.75. The molecule has 50 heavy (non-hydrogen) atoms. The lowest BCUT2D eigenvalue weighted by Crippen LogP contribution is -2.40. The molecule has 3 aromatic carbocycles. The number of carbonyl (C=O) groups excluding carboxylic acids is 1. The Morgan fingerprint density at radius 2 is 1.80 bits per heavy atom. The standard InChI is InChI=1S/C39H41FN2O7S/c1-8-11-28-18-26(19-32(46-9-2)36(28)48-22-25-12-15-29(40)16-13-25)20-33-37(43)42-35(27-14-17-30(49-23(4)5)31(21-27)45-7)34(38(44)47-10-3)24(6)41-39(42)50-33/h8,12-21,23,35H,1,9-11,22H2,2-7H3/b33-20-/t35-/m0/s1. The molecule has 2 heterocycles. The van der Waals surface area contributed by atoms with Gasteiger partial charge in [-0.05, 0) is 100 Å². The Hall–Kier alpha value is -5.16. The first-order valence-electron chi connectivity index (χ1n) is 16.4. The maximum atomic E-state index is 14.3. The van der Waals surface area contributed by atoms with Crippen LogP contribution in [0, 0.1) is 5.82 Å². The molecule has 0 N–H and O–H groups in total. The summed E-state index contributed by atoms with van der Waals surface area (Å²) in [5.41, 5.74) is 3.35. The zero-order valence-electron chi connectivity index (χ0n) is 29.1. The van der Waals surface area contributed by atoms with Crippen LogP contribution in [0.3, 0.4) is 0 Å². The molecule has 5 rings (SSSR count). The van der Waals surface area contributed by atoms with E-state index < -0.39 is 12.0 Å². The van der Waals surface area contributed by atoms with Crippen molar-refractivity contribution in [3.05, 3.63) is 126 Å². The predicted molar refractivity (Wildman–Crippen MR) is 191 cm³/mol. The number of esters is 1. The number of nitrogens with zero attached hydrogens (tertiary/aromatic N) is 2. The summed E-state index contributed by atoms with van der Waals surface area (Å²) in [4.78, 5) is 32.9. The lowest BCUT2D eigenvalue weighted by molar-refractivity contribution is -0.139. The number of hydrogen-bond donors (Lipinski definition) is 0. The minimum absolute atomic E-state index is 0.0877. The van der Waals surface area contributed by atoms with E-state index in [9.17, 15) is 14.0 Å². The minimum atomic E-state index is -0.827. The lowest BCUT2D eigenvalue weighted by atomic mass is 9.95. The highest BCUT2D eigenvalue weighted by Crippen LogP contribution is 2.37. The van der Waals surface area contributed by atoms with Gasteiger partial charge >= 0.3 is 5.97 Å². The molecule has 1 aliphatic rings. The number of methoxy groups -OCH3 is 1. The zero-order valence-corrected chi connectivity index (χ0v) is 29.9. The van der Waals surface area contributed by atoms with Gasteiger partial charge in [-0.2, -0.15) is 0 Å². The van der Waals surface area contributed by atoms with Gasteiger partial charge in [0.1, 0.15) is 12.4 Å². The second-order valence-corrected chi connectivity index (χ2v) is 12.7. The summed E-state index contributed by atoms with van der Waals surface area (Å²) in [5, 5.41) is 0. The summed E-state index contributed by atoms with van der Waals surface area (Å²) in [6.45, 7) is 13.9. The van der Waals surface area contributed by atoms with Crippen LogP contribution in [-0.2, 0) is 22.6 Å². The first-order valence-corrected chi connectivity index (χ1v) is 17.2. The molecule has 9 nitrogen and oxygen atoms in total. The number of fused-ring (bicyclic) bond motifs is 1. The third kappa shape index (κ3) is 7.83. The fraction of sp³-hybridized carbons (Fsp3) is 0.308. The van der Waals surface area contributed by atoms with Gasteiger partial charge in [0.2, 0.25) is 0 Å². The number of ether oxygens (including phenoxy) is 5. The van der Waals surface area contributed by atoms with Crippen LogP contribution >= 0.6 is 11.3 Å². The van der Waals surface area contributed by atoms with E-state index in [2.05, 4.69) is 6.58 Å². The van der Waals surface area contributed by atoms with Crippen LogP contribution < -0.4 is 33.8 Å². The lowest BCUT2D eigenvalue weighted by Gasteiger charge is -2.25. The second kappa shape index (κ2) is 16.0. The van der Waals surface area contributed by atoms with E-state index in [0.29, 0.717) is 62.2 Å². The minimum Gasteiger partial charge on any atom is -0.493 e. The van der Waals surface area contributed by atoms with Gasteiger partial charge < -0.3 is 23.7 Å². The summed E-state index contributed by atoms with van der Waals surface area (Å²) >= 11 is 1.22. The molecule has 1 aromatic heterocycles. The normalized spacial score (nSPS) is 14.2. The van der Waals surface area contributed by atoms with Crippen molar-refractivity contribution >= 4 is 23.4 Å². The monoisotopic (exact) mass is 700 g/mol. The molecule has 1 atom stereocenters. The van der Waals surface area contributed by atoms with Crippen LogP contribution in [0.25, 0.3) is 6.08 Å². The van der Waals surface area contributed by atoms with Gasteiger partial charge in [0.05, 0.1) is 48.3 Å². The average Bonchev–Trinajstić information content (AvgIpc) is 3.38. The average molecular weight is 701 g/mol. The Morgan fingerprint density at radius 1 is 1.04 bits per heavy atom. The van der Waals surface area contributed by atoms with Gasteiger partial charge in [0.25, 0.3) is 5.56 Å². The number of allylic oxidation sites excluding steroid dienone is 2. The van der Waals surface area contributed by atoms with Crippen molar-refractivity contribution in [1.29, 1.82) is 0 Å². The summed E-state index contributed by atoms with van der Waals surface area (Å²) in [6.07, 6.45) is 3.93. The predicted octanol–water partition coefficient (Wildman–Crippen LogP) is 6.44. The Bertz CT molecular complexity index is 2100. The van der Waals surface area contributed by atoms with Crippen LogP contribution in [0.4, 0.5) is 4.39 Å². The SMILES string of the molecule is C=CCc1cc(/C=c2\sc3n(c2=O)[C@@H](c2ccc(OC(C)C)c(OC)c2)C(C(=O)OCC)=C(C)N=3)cc(OCC)c1OCc1ccc(F)cc1. The van der Waals surface area contributed by atoms with E-state index in [4.69, 9.17) is 28.7 Å². The van der Waals surface area contributed by atoms with Gasteiger partial charge in [-0.15, -0.1) is 6.58 Å². The largest absolute Gasteiger partial charge is 0.493 e. The highest BCUT2D eigenvalue weighted by molar-refractivity contribution is 7.07. The van der Waals surface area contributed by atoms with E-state index in [1.54, 1.807) is 57.4 Å². The van der Waals surface area contributed by atoms with Gasteiger partial charge in [-0.1, -0.05) is 35.6 Å². The molecule has 0 aliphatic carbocycles. The first kappa shape index (κ1) is 36.1. The molecule has 0 saturated carbocycles. The molecule has 0 unspecified atom stereocenters. The van der Waals surface area contributed by atoms with E-state index in [1.165, 1.54) is 28.0 Å². The molecule has 0 bridgehead atoms. The summed E-state index contributed by atoms with van der Waals surface area (Å²) in [7, 11) is 1.54. The van der Waals surface area contributed by atoms with E-state index in [0.717, 1.165) is 11.1 Å². The van der Waals surface area contributed by atoms with Crippen molar-refractivity contribution in [2.45, 2.75) is 59.8 Å². The van der Waals surface area contributed by atoms with Crippen molar-refractivity contribution in [1.82, 2.24) is 4.57 Å². The second-order valence-electron chi connectivity index (χ2n) is 11.7. The number of thiazole rings is 1. The van der Waals surface area contributed by atoms with E-state index in [1.807, 2.05) is 39.0 Å². The fourth-order valence-electron chi connectivity index (χ4n) is 5.70. The Labute approximate surface area is 294 Å². The smallest absolute Gasteiger partial charge is 0.338 e. The third-order valence-corrected chi connectivity index (χ3v) is 8.78. The van der Waals surface area contributed by atoms with Gasteiger partial charge in [-0.3, -0.25) is 9.36 Å². The van der Waals surface area contributed by atoms with Crippen LogP contribution in [0.15, 0.2) is 88.3 Å². The molecule has 0 radical (unpaired) electrons. The summed E-state index contributed by atoms with van der Waals surface area (Å²) in [6, 6.07) is 14.4. The van der Waals surface area contributed by atoms with Crippen molar-refractivity contribution in [3.8, 4) is 23.0 Å². The number of rotatable bonds is 14. The van der Waals surface area contributed by atoms with Crippen LogP contribution in [0.1, 0.15) is 62.9 Å². The van der Waals surface area contributed by atoms with Gasteiger partial charge in [0.15, 0.2) is 27.8 Å². The van der Waals surface area contributed by atoms with Crippen molar-refractivity contribution in [2.24, 2.45) is 4.99 Å². The Morgan fingerprint density at radius 3 is 2.46 bits per heavy atom. The maximum absolute atomic E-state index is 14.3. The van der Waals surface area contributed by atoms with Gasteiger partial charge in [0, 0.05) is 5.56 Å². The molecule has 4 aromatic rings. The molecule has 0 spiro atoms. The molecule has 11 heteroatoms. The quantitative estimate of drug-likeness (QED) is 0.110. The number of carbonyl (C=O) groups is 1. The number of benzene rings is 3. The highest BCUT2D eigenvalue weighted by Gasteiger charge is 2.34. The molecule has 0 amide bonds. The summed E-state index contributed by atoms with van der Waals surface area (Å²) in [5.74, 6) is 1.18. The molecule has 262 valence electrons. The van der Waals surface area contributed by atoms with Gasteiger partial charge in [-0.25, -0.2) is 14.2 Å². The van der Waals surface area contributed by atoms with E-state index in [-0.39, 0.29) is 36.3 Å². The Balaban J connectivity index is 1.64. The molecule has 0 fully saturated rings. The zero-order chi connectivity index (χ0) is 35.9. The number of halogens is 1. The van der Waals surface area contributed by atoms with Crippen molar-refractivity contribution in [3.63, 3.8) is 0 Å². The maximum Gasteiger partial charge on any atom is 0.338 e. The number of aromatic nitrogens is 1. The van der Waals surface area contributed by atoms with Crippen molar-refractivity contribution in [2.75, 3.05) is 20.3 Å². The van der Waals surface area contributed by atoms with Crippen LogP contribution in [-0.4, -0.2) is 37.0 Å². The molecule has 0 saturated heterocycles.